The maximum absolute atomic E-state index is 14.8. The van der Waals surface area contributed by atoms with Crippen LogP contribution in [0.4, 0.5) is 10.1 Å². The molecule has 1 aromatic heterocycles. The summed E-state index contributed by atoms with van der Waals surface area (Å²) < 4.78 is 26.7. The molecule has 0 aliphatic heterocycles. The lowest BCUT2D eigenvalue weighted by Gasteiger charge is -2.23. The van der Waals surface area contributed by atoms with E-state index in [1.807, 2.05) is 17.9 Å². The number of halogens is 1. The van der Waals surface area contributed by atoms with Crippen LogP contribution >= 0.6 is 0 Å². The molecule has 0 amide bonds. The summed E-state index contributed by atoms with van der Waals surface area (Å²) in [5, 5.41) is 0.392. The predicted molar refractivity (Wildman–Crippen MR) is 145 cm³/mol. The van der Waals surface area contributed by atoms with Crippen molar-refractivity contribution in [1.82, 2.24) is 9.55 Å². The van der Waals surface area contributed by atoms with Crippen LogP contribution < -0.4 is 10.5 Å². The Kier molecular flexibility index (Phi) is 8.00. The number of carbonyl (C=O) groups excluding carboxylic acids is 2. The number of benzene rings is 2. The van der Waals surface area contributed by atoms with Gasteiger partial charge >= 0.3 is 11.9 Å². The molecule has 3 aromatic rings. The molecule has 0 N–H and O–H groups in total. The normalized spacial score (nSPS) is 11.9. The van der Waals surface area contributed by atoms with Crippen molar-refractivity contribution in [3.05, 3.63) is 69.0 Å². The zero-order valence-corrected chi connectivity index (χ0v) is 23.6. The predicted octanol–water partition coefficient (Wildman–Crippen LogP) is 5.29. The van der Waals surface area contributed by atoms with Crippen LogP contribution in [0.25, 0.3) is 10.9 Å². The zero-order chi connectivity index (χ0) is 28.6. The summed E-state index contributed by atoms with van der Waals surface area (Å²) in [5.41, 5.74) is 0.994. The summed E-state index contributed by atoms with van der Waals surface area (Å²) in [5.74, 6) is -1.37. The van der Waals surface area contributed by atoms with E-state index in [-0.39, 0.29) is 17.9 Å². The number of hydrogen-bond acceptors (Lipinski definition) is 7. The van der Waals surface area contributed by atoms with E-state index in [1.54, 1.807) is 67.6 Å². The lowest BCUT2D eigenvalue weighted by Crippen LogP contribution is -2.30. The van der Waals surface area contributed by atoms with E-state index in [4.69, 9.17) is 9.47 Å². The molecule has 8 nitrogen and oxygen atoms in total. The highest BCUT2D eigenvalue weighted by Crippen LogP contribution is 2.24. The fourth-order valence-corrected chi connectivity index (χ4v) is 3.78. The first-order chi connectivity index (χ1) is 17.5. The average Bonchev–Trinajstić information content (AvgIpc) is 2.77. The van der Waals surface area contributed by atoms with Gasteiger partial charge in [-0.2, -0.15) is 0 Å². The quantitative estimate of drug-likeness (QED) is 0.404. The Balaban J connectivity index is 1.89. The highest BCUT2D eigenvalue weighted by Gasteiger charge is 2.24. The number of anilines is 1. The van der Waals surface area contributed by atoms with Crippen molar-refractivity contribution in [1.29, 1.82) is 0 Å². The third-order valence-corrected chi connectivity index (χ3v) is 5.96. The standard InChI is InChI=1S/C29H36FN3O5/c1-17-12-24-22(25(34)33(18(2)31-24)16-37-27(36)28(3,4)5)13-19(17)15-32(9)20-10-11-21(23(30)14-20)26(35)38-29(6,7)8/h10-14H,15-16H2,1-9H3. The van der Waals surface area contributed by atoms with E-state index in [9.17, 15) is 18.8 Å². The van der Waals surface area contributed by atoms with Gasteiger partial charge in [-0.1, -0.05) is 0 Å². The van der Waals surface area contributed by atoms with Crippen LogP contribution in [0.5, 0.6) is 0 Å². The van der Waals surface area contributed by atoms with Crippen LogP contribution in [0.3, 0.4) is 0 Å². The summed E-state index contributed by atoms with van der Waals surface area (Å²) >= 11 is 0. The summed E-state index contributed by atoms with van der Waals surface area (Å²) in [6.45, 7) is 14.2. The van der Waals surface area contributed by atoms with Crippen molar-refractivity contribution >= 4 is 28.5 Å². The van der Waals surface area contributed by atoms with E-state index in [0.717, 1.165) is 11.1 Å². The van der Waals surface area contributed by atoms with Gasteiger partial charge in [0.15, 0.2) is 6.73 Å². The van der Waals surface area contributed by atoms with E-state index in [0.29, 0.717) is 29.0 Å². The molecular formula is C29H36FN3O5. The highest BCUT2D eigenvalue weighted by atomic mass is 19.1. The molecule has 0 aliphatic rings. The molecule has 0 bridgehead atoms. The summed E-state index contributed by atoms with van der Waals surface area (Å²) in [6, 6.07) is 7.96. The van der Waals surface area contributed by atoms with Crippen LogP contribution in [0.2, 0.25) is 0 Å². The second-order valence-electron chi connectivity index (χ2n) is 11.5. The number of carbonyl (C=O) groups is 2. The van der Waals surface area contributed by atoms with Crippen LogP contribution in [-0.2, 0) is 27.5 Å². The fourth-order valence-electron chi connectivity index (χ4n) is 3.78. The molecule has 2 aromatic carbocycles. The molecule has 0 aliphatic carbocycles. The molecule has 38 heavy (non-hydrogen) atoms. The minimum Gasteiger partial charge on any atom is -0.456 e. The first kappa shape index (κ1) is 28.8. The van der Waals surface area contributed by atoms with Gasteiger partial charge in [0.2, 0.25) is 0 Å². The second kappa shape index (κ2) is 10.6. The summed E-state index contributed by atoms with van der Waals surface area (Å²) in [4.78, 5) is 44.2. The monoisotopic (exact) mass is 525 g/mol. The number of fused-ring (bicyclic) bond motifs is 1. The van der Waals surface area contributed by atoms with Gasteiger partial charge in [0.1, 0.15) is 17.2 Å². The van der Waals surface area contributed by atoms with Crippen molar-refractivity contribution < 1.29 is 23.5 Å². The molecular weight excluding hydrogens is 489 g/mol. The van der Waals surface area contributed by atoms with Gasteiger partial charge in [0.25, 0.3) is 5.56 Å². The number of ether oxygens (including phenoxy) is 2. The topological polar surface area (TPSA) is 90.7 Å². The molecule has 0 fully saturated rings. The van der Waals surface area contributed by atoms with Crippen LogP contribution in [-0.4, -0.2) is 34.1 Å². The Labute approximate surface area is 222 Å². The number of rotatable bonds is 6. The van der Waals surface area contributed by atoms with Crippen molar-refractivity contribution in [2.75, 3.05) is 11.9 Å². The second-order valence-corrected chi connectivity index (χ2v) is 11.5. The number of aromatic nitrogens is 2. The lowest BCUT2D eigenvalue weighted by molar-refractivity contribution is -0.157. The first-order valence-corrected chi connectivity index (χ1v) is 12.4. The van der Waals surface area contributed by atoms with E-state index >= 15 is 0 Å². The van der Waals surface area contributed by atoms with Gasteiger partial charge < -0.3 is 14.4 Å². The van der Waals surface area contributed by atoms with Crippen LogP contribution in [0.1, 0.15) is 68.9 Å². The molecule has 0 unspecified atom stereocenters. The van der Waals surface area contributed by atoms with Gasteiger partial charge in [-0.3, -0.25) is 14.2 Å². The molecule has 0 atom stereocenters. The van der Waals surface area contributed by atoms with E-state index in [1.165, 1.54) is 16.7 Å². The van der Waals surface area contributed by atoms with Gasteiger partial charge in [-0.05, 0) is 96.8 Å². The fraction of sp³-hybridized carbons (Fsp3) is 0.448. The molecule has 0 saturated carbocycles. The van der Waals surface area contributed by atoms with Crippen molar-refractivity contribution in [3.8, 4) is 0 Å². The average molecular weight is 526 g/mol. The van der Waals surface area contributed by atoms with Gasteiger partial charge in [-0.25, -0.2) is 14.2 Å². The van der Waals surface area contributed by atoms with E-state index in [2.05, 4.69) is 4.98 Å². The number of aryl methyl sites for hydroxylation is 2. The molecule has 3 rings (SSSR count). The van der Waals surface area contributed by atoms with Crippen molar-refractivity contribution in [3.63, 3.8) is 0 Å². The maximum atomic E-state index is 14.8. The van der Waals surface area contributed by atoms with Crippen molar-refractivity contribution in [2.24, 2.45) is 5.41 Å². The molecule has 0 radical (unpaired) electrons. The van der Waals surface area contributed by atoms with E-state index < -0.39 is 28.8 Å². The van der Waals surface area contributed by atoms with Gasteiger partial charge in [-0.15, -0.1) is 0 Å². The molecule has 0 saturated heterocycles. The maximum Gasteiger partial charge on any atom is 0.341 e. The molecule has 9 heteroatoms. The molecule has 1 heterocycles. The van der Waals surface area contributed by atoms with Crippen LogP contribution in [0.15, 0.2) is 35.1 Å². The Morgan fingerprint density at radius 2 is 1.71 bits per heavy atom. The Morgan fingerprint density at radius 3 is 2.29 bits per heavy atom. The Hall–Kier alpha value is -3.75. The Morgan fingerprint density at radius 1 is 1.05 bits per heavy atom. The number of esters is 2. The van der Waals surface area contributed by atoms with Crippen molar-refractivity contribution in [2.45, 2.75) is 74.3 Å². The molecule has 0 spiro atoms. The summed E-state index contributed by atoms with van der Waals surface area (Å²) in [6.07, 6.45) is 0. The van der Waals surface area contributed by atoms with Crippen LogP contribution in [0, 0.1) is 25.1 Å². The smallest absolute Gasteiger partial charge is 0.341 e. The largest absolute Gasteiger partial charge is 0.456 e. The molecule has 204 valence electrons. The lowest BCUT2D eigenvalue weighted by atomic mass is 9.98. The minimum atomic E-state index is -0.729. The number of nitrogens with zero attached hydrogens (tertiary/aromatic N) is 3. The third kappa shape index (κ3) is 6.57. The van der Waals surface area contributed by atoms with Gasteiger partial charge in [0.05, 0.1) is 21.9 Å². The summed E-state index contributed by atoms with van der Waals surface area (Å²) in [7, 11) is 1.79. The van der Waals surface area contributed by atoms with Gasteiger partial charge in [0, 0.05) is 19.3 Å². The highest BCUT2D eigenvalue weighted by molar-refractivity contribution is 5.90. The minimum absolute atomic E-state index is 0.131. The Bertz CT molecular complexity index is 1450. The zero-order valence-electron chi connectivity index (χ0n) is 23.6. The first-order valence-electron chi connectivity index (χ1n) is 12.4. The third-order valence-electron chi connectivity index (χ3n) is 5.96. The SMILES string of the molecule is Cc1cc2nc(C)n(COC(=O)C(C)(C)C)c(=O)c2cc1CN(C)c1ccc(C(=O)OC(C)(C)C)c(F)c1. The number of hydrogen-bond donors (Lipinski definition) is 0.